The minimum absolute atomic E-state index is 0.0649. The van der Waals surface area contributed by atoms with Crippen LogP contribution in [0.5, 0.6) is 0 Å². The van der Waals surface area contributed by atoms with E-state index in [4.69, 9.17) is 0 Å². The summed E-state index contributed by atoms with van der Waals surface area (Å²) in [5.74, 6) is 0. The molecule has 0 saturated heterocycles. The third kappa shape index (κ3) is 4.41. The Kier molecular flexibility index (Phi) is 5.87. The Morgan fingerprint density at radius 1 is 1.00 bits per heavy atom. The van der Waals surface area contributed by atoms with Gasteiger partial charge in [0.1, 0.15) is 0 Å². The lowest BCUT2D eigenvalue weighted by molar-refractivity contribution is 0.171. The molecule has 2 N–H and O–H groups in total. The molecule has 0 radical (unpaired) electrons. The zero-order valence-electron chi connectivity index (χ0n) is 14.9. The molecule has 0 aliphatic heterocycles. The summed E-state index contributed by atoms with van der Waals surface area (Å²) in [6, 6.07) is 23.9. The molecule has 4 heteroatoms. The molecule has 0 unspecified atom stereocenters. The van der Waals surface area contributed by atoms with Crippen molar-refractivity contribution in [2.24, 2.45) is 0 Å². The fraction of sp³-hybridized carbons (Fsp3) is 0.227. The second-order valence-electron chi connectivity index (χ2n) is 6.41. The molecule has 0 bridgehead atoms. The molecule has 3 aromatic rings. The van der Waals surface area contributed by atoms with E-state index in [1.165, 1.54) is 5.39 Å². The number of aliphatic hydroxyl groups is 1. The Balaban J connectivity index is 1.70. The number of aliphatic hydroxyl groups excluding tert-OH is 1. The maximum absolute atomic E-state index is 12.7. The van der Waals surface area contributed by atoms with Gasteiger partial charge in [0.05, 0.1) is 12.6 Å². The number of hydrogen-bond donors (Lipinski definition) is 2. The zero-order valence-corrected chi connectivity index (χ0v) is 14.9. The van der Waals surface area contributed by atoms with E-state index >= 15 is 0 Å². The first kappa shape index (κ1) is 18.0. The molecule has 0 aromatic heterocycles. The molecule has 0 aliphatic carbocycles. The summed E-state index contributed by atoms with van der Waals surface area (Å²) in [6.45, 7) is 2.68. The van der Waals surface area contributed by atoms with E-state index < -0.39 is 0 Å². The summed E-state index contributed by atoms with van der Waals surface area (Å²) >= 11 is 0. The lowest BCUT2D eigenvalue weighted by atomic mass is 10.0. The molecule has 0 heterocycles. The second kappa shape index (κ2) is 8.50. The molecule has 0 fully saturated rings. The van der Waals surface area contributed by atoms with Gasteiger partial charge in [-0.05, 0) is 34.9 Å². The summed E-state index contributed by atoms with van der Waals surface area (Å²) < 4.78 is 0. The molecule has 4 nitrogen and oxygen atoms in total. The summed E-state index contributed by atoms with van der Waals surface area (Å²) in [5.41, 5.74) is 2.09. The third-order valence-electron chi connectivity index (χ3n) is 4.49. The van der Waals surface area contributed by atoms with Gasteiger partial charge in [-0.1, -0.05) is 66.7 Å². The van der Waals surface area contributed by atoms with Gasteiger partial charge < -0.3 is 15.3 Å². The monoisotopic (exact) mass is 348 g/mol. The average molecular weight is 348 g/mol. The van der Waals surface area contributed by atoms with Crippen molar-refractivity contribution in [1.29, 1.82) is 0 Å². The summed E-state index contributed by atoms with van der Waals surface area (Å²) in [4.78, 5) is 14.3. The van der Waals surface area contributed by atoms with Crippen molar-refractivity contribution in [1.82, 2.24) is 10.2 Å². The van der Waals surface area contributed by atoms with Crippen LogP contribution in [0.1, 0.15) is 24.1 Å². The molecule has 26 heavy (non-hydrogen) atoms. The van der Waals surface area contributed by atoms with Crippen molar-refractivity contribution in [3.63, 3.8) is 0 Å². The van der Waals surface area contributed by atoms with E-state index in [0.717, 1.165) is 16.5 Å². The largest absolute Gasteiger partial charge is 0.395 e. The first-order chi connectivity index (χ1) is 12.7. The second-order valence-corrected chi connectivity index (χ2v) is 6.41. The summed E-state index contributed by atoms with van der Waals surface area (Å²) in [5, 5.41) is 14.7. The Bertz CT molecular complexity index is 864. The van der Waals surface area contributed by atoms with Crippen LogP contribution >= 0.6 is 0 Å². The van der Waals surface area contributed by atoms with Crippen LogP contribution in [0.3, 0.4) is 0 Å². The van der Waals surface area contributed by atoms with Gasteiger partial charge >= 0.3 is 6.03 Å². The van der Waals surface area contributed by atoms with E-state index in [-0.39, 0.29) is 18.7 Å². The molecule has 1 atom stereocenters. The molecule has 3 aromatic carbocycles. The highest BCUT2D eigenvalue weighted by molar-refractivity contribution is 5.83. The number of nitrogens with one attached hydrogen (secondary N) is 1. The van der Waals surface area contributed by atoms with Crippen molar-refractivity contribution in [3.8, 4) is 0 Å². The van der Waals surface area contributed by atoms with E-state index in [1.807, 2.05) is 55.5 Å². The topological polar surface area (TPSA) is 52.6 Å². The number of nitrogens with zero attached hydrogens (tertiary/aromatic N) is 1. The summed E-state index contributed by atoms with van der Waals surface area (Å²) in [7, 11) is 0. The quantitative estimate of drug-likeness (QED) is 0.704. The van der Waals surface area contributed by atoms with Gasteiger partial charge in [-0.25, -0.2) is 4.79 Å². The van der Waals surface area contributed by atoms with Gasteiger partial charge in [-0.15, -0.1) is 0 Å². The number of urea groups is 1. The first-order valence-electron chi connectivity index (χ1n) is 8.86. The molecule has 134 valence electrons. The predicted molar refractivity (Wildman–Crippen MR) is 105 cm³/mol. The average Bonchev–Trinajstić information content (AvgIpc) is 2.68. The molecular formula is C22H24N2O2. The van der Waals surface area contributed by atoms with Gasteiger partial charge in [-0.3, -0.25) is 0 Å². The Labute approximate surface area is 154 Å². The van der Waals surface area contributed by atoms with Gasteiger partial charge in [0.2, 0.25) is 0 Å². The lowest BCUT2D eigenvalue weighted by Crippen LogP contribution is -2.42. The SMILES string of the molecule is C[C@H](NC(=O)N(CCO)Cc1ccccc1)c1ccc2ccccc2c1. The van der Waals surface area contributed by atoms with Crippen LogP contribution in [0.25, 0.3) is 10.8 Å². The Hall–Kier alpha value is -2.85. The molecule has 0 spiro atoms. The first-order valence-corrected chi connectivity index (χ1v) is 8.86. The Morgan fingerprint density at radius 2 is 1.69 bits per heavy atom. The number of rotatable bonds is 6. The normalized spacial score (nSPS) is 11.9. The van der Waals surface area contributed by atoms with Crippen LogP contribution < -0.4 is 5.32 Å². The van der Waals surface area contributed by atoms with Crippen molar-refractivity contribution < 1.29 is 9.90 Å². The predicted octanol–water partition coefficient (Wildman–Crippen LogP) is 4.10. The van der Waals surface area contributed by atoms with Crippen LogP contribution in [0.2, 0.25) is 0 Å². The Morgan fingerprint density at radius 3 is 2.42 bits per heavy atom. The van der Waals surface area contributed by atoms with Crippen molar-refractivity contribution in [2.45, 2.75) is 19.5 Å². The third-order valence-corrected chi connectivity index (χ3v) is 4.49. The highest BCUT2D eigenvalue weighted by atomic mass is 16.3. The van der Waals surface area contributed by atoms with Crippen LogP contribution in [-0.4, -0.2) is 29.2 Å². The minimum Gasteiger partial charge on any atom is -0.395 e. The van der Waals surface area contributed by atoms with Gasteiger partial charge in [0.15, 0.2) is 0 Å². The minimum atomic E-state index is -0.177. The molecule has 0 saturated carbocycles. The zero-order chi connectivity index (χ0) is 18.4. The van der Waals surface area contributed by atoms with E-state index in [0.29, 0.717) is 13.1 Å². The highest BCUT2D eigenvalue weighted by Gasteiger charge is 2.17. The highest BCUT2D eigenvalue weighted by Crippen LogP contribution is 2.20. The smallest absolute Gasteiger partial charge is 0.318 e. The fourth-order valence-electron chi connectivity index (χ4n) is 3.01. The molecule has 3 rings (SSSR count). The number of hydrogen-bond acceptors (Lipinski definition) is 2. The molecule has 2 amide bonds. The number of carbonyl (C=O) groups is 1. The van der Waals surface area contributed by atoms with Crippen LogP contribution in [0.15, 0.2) is 72.8 Å². The summed E-state index contributed by atoms with van der Waals surface area (Å²) in [6.07, 6.45) is 0. The number of benzene rings is 3. The van der Waals surface area contributed by atoms with Gasteiger partial charge in [0, 0.05) is 13.1 Å². The van der Waals surface area contributed by atoms with Crippen LogP contribution in [0.4, 0.5) is 4.79 Å². The van der Waals surface area contributed by atoms with Gasteiger partial charge in [0.25, 0.3) is 0 Å². The maximum Gasteiger partial charge on any atom is 0.318 e. The maximum atomic E-state index is 12.7. The van der Waals surface area contributed by atoms with Crippen LogP contribution in [0, 0.1) is 0 Å². The number of amides is 2. The van der Waals surface area contributed by atoms with Crippen molar-refractivity contribution in [2.75, 3.05) is 13.2 Å². The van der Waals surface area contributed by atoms with E-state index in [2.05, 4.69) is 29.6 Å². The van der Waals surface area contributed by atoms with Crippen LogP contribution in [-0.2, 0) is 6.54 Å². The number of fused-ring (bicyclic) bond motifs is 1. The number of carbonyl (C=O) groups excluding carboxylic acids is 1. The van der Waals surface area contributed by atoms with Crippen molar-refractivity contribution in [3.05, 3.63) is 83.9 Å². The molecular weight excluding hydrogens is 324 g/mol. The van der Waals surface area contributed by atoms with Gasteiger partial charge in [-0.2, -0.15) is 0 Å². The lowest BCUT2D eigenvalue weighted by Gasteiger charge is -2.25. The van der Waals surface area contributed by atoms with Crippen molar-refractivity contribution >= 4 is 16.8 Å². The van der Waals surface area contributed by atoms with E-state index in [9.17, 15) is 9.90 Å². The standard InChI is InChI=1S/C22H24N2O2/c1-17(20-12-11-19-9-5-6-10-21(19)15-20)23-22(26)24(13-14-25)16-18-7-3-2-4-8-18/h2-12,15,17,25H,13-14,16H2,1H3,(H,23,26)/t17-/m0/s1. The fourth-order valence-corrected chi connectivity index (χ4v) is 3.01. The molecule has 0 aliphatic rings. The van der Waals surface area contributed by atoms with E-state index in [1.54, 1.807) is 4.90 Å².